The SMILES string of the molecule is COc1ccc(-c2ccc(Cl)c(C(=O)C(C)C)c2)cc1. The largest absolute Gasteiger partial charge is 0.497 e. The van der Waals surface area contributed by atoms with Crippen LogP contribution in [0.5, 0.6) is 5.75 Å². The van der Waals surface area contributed by atoms with Gasteiger partial charge in [-0.2, -0.15) is 0 Å². The molecule has 0 bridgehead atoms. The summed E-state index contributed by atoms with van der Waals surface area (Å²) < 4.78 is 5.14. The van der Waals surface area contributed by atoms with Crippen LogP contribution in [0.3, 0.4) is 0 Å². The number of hydrogen-bond acceptors (Lipinski definition) is 2. The fraction of sp³-hybridized carbons (Fsp3) is 0.235. The van der Waals surface area contributed by atoms with Crippen LogP contribution in [0.25, 0.3) is 11.1 Å². The van der Waals surface area contributed by atoms with Gasteiger partial charge in [0.1, 0.15) is 5.75 Å². The van der Waals surface area contributed by atoms with Crippen LogP contribution >= 0.6 is 11.6 Å². The number of methoxy groups -OCH3 is 1. The number of ketones is 1. The molecule has 0 aliphatic carbocycles. The minimum absolute atomic E-state index is 0.0605. The topological polar surface area (TPSA) is 26.3 Å². The van der Waals surface area contributed by atoms with Gasteiger partial charge in [-0.1, -0.05) is 43.6 Å². The summed E-state index contributed by atoms with van der Waals surface area (Å²) in [4.78, 5) is 12.1. The van der Waals surface area contributed by atoms with Gasteiger partial charge in [-0.25, -0.2) is 0 Å². The first-order chi connectivity index (χ1) is 9.52. The highest BCUT2D eigenvalue weighted by atomic mass is 35.5. The second kappa shape index (κ2) is 6.10. The van der Waals surface area contributed by atoms with Crippen molar-refractivity contribution in [2.75, 3.05) is 7.11 Å². The molecule has 0 atom stereocenters. The second-order valence-electron chi connectivity index (χ2n) is 4.94. The van der Waals surface area contributed by atoms with Gasteiger partial charge in [-0.05, 0) is 35.4 Å². The molecule has 104 valence electrons. The molecule has 0 aliphatic rings. The van der Waals surface area contributed by atoms with E-state index in [-0.39, 0.29) is 11.7 Å². The van der Waals surface area contributed by atoms with Gasteiger partial charge in [0, 0.05) is 11.5 Å². The number of halogens is 1. The maximum absolute atomic E-state index is 12.1. The average Bonchev–Trinajstić information content (AvgIpc) is 2.47. The molecule has 0 heterocycles. The maximum atomic E-state index is 12.1. The van der Waals surface area contributed by atoms with E-state index in [0.29, 0.717) is 10.6 Å². The number of hydrogen-bond donors (Lipinski definition) is 0. The number of benzene rings is 2. The van der Waals surface area contributed by atoms with Gasteiger partial charge in [-0.3, -0.25) is 4.79 Å². The van der Waals surface area contributed by atoms with Crippen molar-refractivity contribution in [3.8, 4) is 16.9 Å². The Labute approximate surface area is 124 Å². The molecule has 3 heteroatoms. The monoisotopic (exact) mass is 288 g/mol. The van der Waals surface area contributed by atoms with Crippen molar-refractivity contribution >= 4 is 17.4 Å². The molecular weight excluding hydrogens is 272 g/mol. The van der Waals surface area contributed by atoms with Crippen molar-refractivity contribution in [1.29, 1.82) is 0 Å². The van der Waals surface area contributed by atoms with Crippen LogP contribution < -0.4 is 4.74 Å². The molecule has 0 unspecified atom stereocenters. The molecule has 2 aromatic rings. The van der Waals surface area contributed by atoms with Crippen LogP contribution in [0.2, 0.25) is 5.02 Å². The van der Waals surface area contributed by atoms with Crippen LogP contribution in [0, 0.1) is 5.92 Å². The van der Waals surface area contributed by atoms with E-state index in [2.05, 4.69) is 0 Å². The highest BCUT2D eigenvalue weighted by Gasteiger charge is 2.15. The summed E-state index contributed by atoms with van der Waals surface area (Å²) in [5.41, 5.74) is 2.58. The number of Topliss-reactive ketones (excluding diaryl/α,β-unsaturated/α-hetero) is 1. The predicted molar refractivity (Wildman–Crippen MR) is 82.6 cm³/mol. The summed E-state index contributed by atoms with van der Waals surface area (Å²) in [5.74, 6) is 0.796. The zero-order chi connectivity index (χ0) is 14.7. The van der Waals surface area contributed by atoms with E-state index in [1.54, 1.807) is 13.2 Å². The lowest BCUT2D eigenvalue weighted by Crippen LogP contribution is -2.08. The average molecular weight is 289 g/mol. The van der Waals surface area contributed by atoms with Crippen LogP contribution in [0.1, 0.15) is 24.2 Å². The lowest BCUT2D eigenvalue weighted by Gasteiger charge is -2.10. The minimum atomic E-state index is -0.0707. The van der Waals surface area contributed by atoms with E-state index in [4.69, 9.17) is 16.3 Å². The number of carbonyl (C=O) groups is 1. The van der Waals surface area contributed by atoms with Crippen molar-refractivity contribution < 1.29 is 9.53 Å². The van der Waals surface area contributed by atoms with Crippen LogP contribution in [0.15, 0.2) is 42.5 Å². The summed E-state index contributed by atoms with van der Waals surface area (Å²) in [6, 6.07) is 13.3. The van der Waals surface area contributed by atoms with Crippen molar-refractivity contribution in [1.82, 2.24) is 0 Å². The van der Waals surface area contributed by atoms with Gasteiger partial charge in [0.25, 0.3) is 0 Å². The molecule has 0 saturated heterocycles. The van der Waals surface area contributed by atoms with Gasteiger partial charge in [0.2, 0.25) is 0 Å². The summed E-state index contributed by atoms with van der Waals surface area (Å²) in [6.07, 6.45) is 0. The Kier molecular flexibility index (Phi) is 4.46. The summed E-state index contributed by atoms with van der Waals surface area (Å²) in [6.45, 7) is 3.75. The third-order valence-corrected chi connectivity index (χ3v) is 3.51. The van der Waals surface area contributed by atoms with E-state index in [9.17, 15) is 4.79 Å². The van der Waals surface area contributed by atoms with Gasteiger partial charge in [0.05, 0.1) is 12.1 Å². The molecule has 20 heavy (non-hydrogen) atoms. The van der Waals surface area contributed by atoms with Gasteiger partial charge in [0.15, 0.2) is 5.78 Å². The molecule has 2 rings (SSSR count). The minimum Gasteiger partial charge on any atom is -0.497 e. The third kappa shape index (κ3) is 3.02. The lowest BCUT2D eigenvalue weighted by molar-refractivity contribution is 0.0939. The van der Waals surface area contributed by atoms with Crippen molar-refractivity contribution in [3.05, 3.63) is 53.1 Å². The number of ether oxygens (including phenoxy) is 1. The summed E-state index contributed by atoms with van der Waals surface area (Å²) in [7, 11) is 1.64. The van der Waals surface area contributed by atoms with Gasteiger partial charge < -0.3 is 4.74 Å². The van der Waals surface area contributed by atoms with E-state index in [1.807, 2.05) is 50.2 Å². The zero-order valence-corrected chi connectivity index (χ0v) is 12.6. The highest BCUT2D eigenvalue weighted by Crippen LogP contribution is 2.28. The standard InChI is InChI=1S/C17H17ClO2/c1-11(2)17(19)15-10-13(6-9-16(15)18)12-4-7-14(20-3)8-5-12/h4-11H,1-3H3. The van der Waals surface area contributed by atoms with E-state index < -0.39 is 0 Å². The quantitative estimate of drug-likeness (QED) is 0.751. The van der Waals surface area contributed by atoms with Crippen LogP contribution in [0.4, 0.5) is 0 Å². The van der Waals surface area contributed by atoms with Crippen LogP contribution in [-0.4, -0.2) is 12.9 Å². The van der Waals surface area contributed by atoms with E-state index >= 15 is 0 Å². The molecule has 0 radical (unpaired) electrons. The molecule has 0 aliphatic heterocycles. The second-order valence-corrected chi connectivity index (χ2v) is 5.35. The van der Waals surface area contributed by atoms with Crippen molar-refractivity contribution in [2.24, 2.45) is 5.92 Å². The fourth-order valence-corrected chi connectivity index (χ4v) is 2.20. The Morgan fingerprint density at radius 3 is 2.20 bits per heavy atom. The molecule has 0 spiro atoms. The normalized spacial score (nSPS) is 10.7. The molecule has 0 aromatic heterocycles. The van der Waals surface area contributed by atoms with Gasteiger partial charge >= 0.3 is 0 Å². The first-order valence-corrected chi connectivity index (χ1v) is 6.89. The first-order valence-electron chi connectivity index (χ1n) is 6.51. The Morgan fingerprint density at radius 2 is 1.65 bits per heavy atom. The summed E-state index contributed by atoms with van der Waals surface area (Å²) >= 11 is 6.13. The zero-order valence-electron chi connectivity index (χ0n) is 11.8. The molecule has 0 saturated carbocycles. The predicted octanol–water partition coefficient (Wildman–Crippen LogP) is 4.85. The van der Waals surface area contributed by atoms with E-state index in [1.165, 1.54) is 0 Å². The van der Waals surface area contributed by atoms with Crippen molar-refractivity contribution in [2.45, 2.75) is 13.8 Å². The number of rotatable bonds is 4. The molecule has 2 nitrogen and oxygen atoms in total. The lowest BCUT2D eigenvalue weighted by atomic mass is 9.96. The smallest absolute Gasteiger partial charge is 0.166 e. The van der Waals surface area contributed by atoms with Crippen molar-refractivity contribution in [3.63, 3.8) is 0 Å². The molecule has 0 N–H and O–H groups in total. The first kappa shape index (κ1) is 14.6. The number of carbonyl (C=O) groups excluding carboxylic acids is 1. The molecule has 0 fully saturated rings. The Hall–Kier alpha value is -1.80. The maximum Gasteiger partial charge on any atom is 0.166 e. The third-order valence-electron chi connectivity index (χ3n) is 3.18. The van der Waals surface area contributed by atoms with E-state index in [0.717, 1.165) is 16.9 Å². The Balaban J connectivity index is 2.42. The molecule has 0 amide bonds. The molecular formula is C17H17ClO2. The summed E-state index contributed by atoms with van der Waals surface area (Å²) in [5, 5.41) is 0.501. The Bertz CT molecular complexity index is 615. The highest BCUT2D eigenvalue weighted by molar-refractivity contribution is 6.34. The van der Waals surface area contributed by atoms with Crippen LogP contribution in [-0.2, 0) is 0 Å². The fourth-order valence-electron chi connectivity index (χ4n) is 1.99. The Morgan fingerprint density at radius 1 is 1.05 bits per heavy atom. The molecule has 2 aromatic carbocycles. The van der Waals surface area contributed by atoms with Gasteiger partial charge in [-0.15, -0.1) is 0 Å².